The predicted molar refractivity (Wildman–Crippen MR) is 36.7 cm³/mol. The normalized spacial score (nSPS) is 24.1. The Morgan fingerprint density at radius 1 is 1.27 bits per heavy atom. The minimum atomic E-state index is -0.508. The zero-order valence-corrected chi connectivity index (χ0v) is 6.63. The van der Waals surface area contributed by atoms with Gasteiger partial charge in [-0.25, -0.2) is 0 Å². The van der Waals surface area contributed by atoms with Gasteiger partial charge in [-0.1, -0.05) is 13.8 Å². The second kappa shape index (κ2) is 2.30. The lowest BCUT2D eigenvalue weighted by Gasteiger charge is -2.30. The number of imide groups is 1. The van der Waals surface area contributed by atoms with Gasteiger partial charge < -0.3 is 0 Å². The molecule has 0 aromatic heterocycles. The van der Waals surface area contributed by atoms with Crippen LogP contribution in [0.3, 0.4) is 0 Å². The number of rotatable bonds is 0. The van der Waals surface area contributed by atoms with Crippen LogP contribution in [0.15, 0.2) is 0 Å². The Hall–Kier alpha value is -0.900. The molecule has 2 amide bonds. The van der Waals surface area contributed by atoms with Crippen molar-refractivity contribution < 1.29 is 14.8 Å². The van der Waals surface area contributed by atoms with Crippen LogP contribution in [-0.2, 0) is 9.59 Å². The van der Waals surface area contributed by atoms with Crippen molar-refractivity contribution in [2.24, 2.45) is 5.41 Å². The van der Waals surface area contributed by atoms with E-state index in [2.05, 4.69) is 0 Å². The third-order valence-electron chi connectivity index (χ3n) is 1.73. The largest absolute Gasteiger partial charge is 0.279 e. The number of hydroxylamine groups is 2. The number of hydrogen-bond acceptors (Lipinski definition) is 3. The van der Waals surface area contributed by atoms with E-state index in [1.54, 1.807) is 0 Å². The molecule has 1 aliphatic heterocycles. The average Bonchev–Trinajstić information content (AvgIpc) is 1.81. The summed E-state index contributed by atoms with van der Waals surface area (Å²) < 4.78 is 0. The Balaban J connectivity index is 2.78. The molecule has 1 rings (SSSR count). The fraction of sp³-hybridized carbons (Fsp3) is 0.714. The van der Waals surface area contributed by atoms with E-state index in [-0.39, 0.29) is 23.3 Å². The lowest BCUT2D eigenvalue weighted by atomic mass is 9.82. The van der Waals surface area contributed by atoms with E-state index in [0.717, 1.165) is 0 Å². The summed E-state index contributed by atoms with van der Waals surface area (Å²) in [5.74, 6) is -1.02. The van der Waals surface area contributed by atoms with Gasteiger partial charge in [0.1, 0.15) is 0 Å². The molecule has 0 saturated carbocycles. The molecular formula is C7H11NO3. The molecule has 4 nitrogen and oxygen atoms in total. The maximum atomic E-state index is 10.9. The topological polar surface area (TPSA) is 57.6 Å². The summed E-state index contributed by atoms with van der Waals surface area (Å²) in [5.41, 5.74) is -0.298. The third-order valence-corrected chi connectivity index (χ3v) is 1.73. The van der Waals surface area contributed by atoms with Gasteiger partial charge in [-0.15, -0.1) is 0 Å². The molecule has 0 aromatic rings. The molecule has 1 N–H and O–H groups in total. The minimum absolute atomic E-state index is 0.214. The molecule has 0 aromatic carbocycles. The lowest BCUT2D eigenvalue weighted by molar-refractivity contribution is -0.187. The van der Waals surface area contributed by atoms with Gasteiger partial charge in [0.05, 0.1) is 0 Å². The third kappa shape index (κ3) is 1.57. The molecule has 1 heterocycles. The molecular weight excluding hydrogens is 146 g/mol. The van der Waals surface area contributed by atoms with Crippen molar-refractivity contribution in [2.75, 3.05) is 0 Å². The standard InChI is InChI=1S/C7H11NO3/c1-7(2)3-5(9)8(11)6(10)4-7/h11H,3-4H2,1-2H3. The molecule has 1 aliphatic rings. The van der Waals surface area contributed by atoms with Crippen LogP contribution in [0, 0.1) is 5.41 Å². The zero-order chi connectivity index (χ0) is 8.65. The summed E-state index contributed by atoms with van der Waals surface area (Å²) in [7, 11) is 0. The average molecular weight is 157 g/mol. The molecule has 0 aliphatic carbocycles. The number of amides is 2. The maximum Gasteiger partial charge on any atom is 0.253 e. The summed E-state index contributed by atoms with van der Waals surface area (Å²) in [5, 5.41) is 9.03. The first kappa shape index (κ1) is 8.20. The van der Waals surface area contributed by atoms with Gasteiger partial charge in [-0.2, -0.15) is 5.06 Å². The van der Waals surface area contributed by atoms with Crippen LogP contribution >= 0.6 is 0 Å². The van der Waals surface area contributed by atoms with Gasteiger partial charge in [0.25, 0.3) is 11.8 Å². The maximum absolute atomic E-state index is 10.9. The second-order valence-corrected chi connectivity index (χ2v) is 3.62. The Morgan fingerprint density at radius 2 is 1.64 bits per heavy atom. The fourth-order valence-corrected chi connectivity index (χ4v) is 1.17. The van der Waals surface area contributed by atoms with Crippen LogP contribution in [0.2, 0.25) is 0 Å². The first-order chi connectivity index (χ1) is 4.92. The van der Waals surface area contributed by atoms with Crippen molar-refractivity contribution >= 4 is 11.8 Å². The van der Waals surface area contributed by atoms with Crippen LogP contribution in [0.25, 0.3) is 0 Å². The van der Waals surface area contributed by atoms with Crippen LogP contribution in [0.1, 0.15) is 26.7 Å². The van der Waals surface area contributed by atoms with Crippen LogP contribution < -0.4 is 0 Å². The van der Waals surface area contributed by atoms with Gasteiger partial charge in [-0.3, -0.25) is 14.8 Å². The van der Waals surface area contributed by atoms with E-state index < -0.39 is 11.8 Å². The highest BCUT2D eigenvalue weighted by atomic mass is 16.5. The van der Waals surface area contributed by atoms with Crippen molar-refractivity contribution in [3.8, 4) is 0 Å². The number of carbonyl (C=O) groups is 2. The zero-order valence-electron chi connectivity index (χ0n) is 6.63. The monoisotopic (exact) mass is 157 g/mol. The second-order valence-electron chi connectivity index (χ2n) is 3.62. The summed E-state index contributed by atoms with van der Waals surface area (Å²) in [6.45, 7) is 3.66. The number of carbonyl (C=O) groups excluding carboxylic acids is 2. The Bertz CT molecular complexity index is 190. The molecule has 0 bridgehead atoms. The molecule has 0 unspecified atom stereocenters. The van der Waals surface area contributed by atoms with Crippen LogP contribution in [0.5, 0.6) is 0 Å². The quantitative estimate of drug-likeness (QED) is 0.412. The van der Waals surface area contributed by atoms with E-state index in [1.807, 2.05) is 13.8 Å². The first-order valence-electron chi connectivity index (χ1n) is 3.47. The van der Waals surface area contributed by atoms with Gasteiger partial charge in [0, 0.05) is 12.8 Å². The highest BCUT2D eigenvalue weighted by Crippen LogP contribution is 2.30. The van der Waals surface area contributed by atoms with Gasteiger partial charge in [0.15, 0.2) is 0 Å². The van der Waals surface area contributed by atoms with Gasteiger partial charge >= 0.3 is 0 Å². The Labute approximate surface area is 64.8 Å². The molecule has 62 valence electrons. The number of hydrogen-bond donors (Lipinski definition) is 1. The summed E-state index contributed by atoms with van der Waals surface area (Å²) in [6.07, 6.45) is 0.463. The highest BCUT2D eigenvalue weighted by Gasteiger charge is 2.36. The highest BCUT2D eigenvalue weighted by molar-refractivity contribution is 5.96. The molecule has 0 spiro atoms. The minimum Gasteiger partial charge on any atom is -0.279 e. The van der Waals surface area contributed by atoms with Crippen molar-refractivity contribution in [1.82, 2.24) is 5.06 Å². The number of piperidine rings is 1. The first-order valence-corrected chi connectivity index (χ1v) is 3.47. The smallest absolute Gasteiger partial charge is 0.253 e. The fourth-order valence-electron chi connectivity index (χ4n) is 1.17. The van der Waals surface area contributed by atoms with Crippen LogP contribution in [-0.4, -0.2) is 22.1 Å². The summed E-state index contributed by atoms with van der Waals surface area (Å²) >= 11 is 0. The molecule has 1 fully saturated rings. The molecule has 0 atom stereocenters. The molecule has 11 heavy (non-hydrogen) atoms. The summed E-state index contributed by atoms with van der Waals surface area (Å²) in [6, 6.07) is 0. The SMILES string of the molecule is CC1(C)CC(=O)N(O)C(=O)C1. The van der Waals surface area contributed by atoms with E-state index in [9.17, 15) is 9.59 Å². The molecule has 0 radical (unpaired) electrons. The van der Waals surface area contributed by atoms with E-state index in [0.29, 0.717) is 0 Å². The summed E-state index contributed by atoms with van der Waals surface area (Å²) in [4.78, 5) is 21.8. The molecule has 4 heteroatoms. The van der Waals surface area contributed by atoms with Crippen molar-refractivity contribution in [3.05, 3.63) is 0 Å². The number of nitrogens with zero attached hydrogens (tertiary/aromatic N) is 1. The van der Waals surface area contributed by atoms with Crippen molar-refractivity contribution in [3.63, 3.8) is 0 Å². The predicted octanol–water partition coefficient (Wildman–Crippen LogP) is 0.551. The van der Waals surface area contributed by atoms with Gasteiger partial charge in [-0.05, 0) is 5.41 Å². The Kier molecular flexibility index (Phi) is 1.72. The Morgan fingerprint density at radius 3 is 2.00 bits per heavy atom. The lowest BCUT2D eigenvalue weighted by Crippen LogP contribution is -2.43. The van der Waals surface area contributed by atoms with E-state index in [1.165, 1.54) is 0 Å². The van der Waals surface area contributed by atoms with Crippen molar-refractivity contribution in [2.45, 2.75) is 26.7 Å². The van der Waals surface area contributed by atoms with Gasteiger partial charge in [0.2, 0.25) is 0 Å². The van der Waals surface area contributed by atoms with E-state index in [4.69, 9.17) is 5.21 Å². The van der Waals surface area contributed by atoms with E-state index >= 15 is 0 Å². The molecule has 1 saturated heterocycles. The van der Waals surface area contributed by atoms with Crippen LogP contribution in [0.4, 0.5) is 0 Å². The van der Waals surface area contributed by atoms with Crippen molar-refractivity contribution in [1.29, 1.82) is 0 Å².